The van der Waals surface area contributed by atoms with E-state index in [4.69, 9.17) is 0 Å². The molecule has 3 unspecified atom stereocenters. The zero-order valence-electron chi connectivity index (χ0n) is 12.8. The summed E-state index contributed by atoms with van der Waals surface area (Å²) in [6.07, 6.45) is 6.94. The van der Waals surface area contributed by atoms with Gasteiger partial charge in [0.05, 0.1) is 0 Å². The summed E-state index contributed by atoms with van der Waals surface area (Å²) in [5, 5.41) is 3.91. The maximum absolute atomic E-state index is 3.91. The summed E-state index contributed by atoms with van der Waals surface area (Å²) in [6, 6.07) is 0.769. The van der Waals surface area contributed by atoms with E-state index < -0.39 is 0 Å². The predicted molar refractivity (Wildman–Crippen MR) is 78.8 cm³/mol. The second-order valence-electron chi connectivity index (χ2n) is 7.50. The molecule has 2 aliphatic rings. The highest BCUT2D eigenvalue weighted by Gasteiger charge is 2.31. The molecule has 2 rings (SSSR count). The zero-order chi connectivity index (χ0) is 13.2. The third-order valence-electron chi connectivity index (χ3n) is 5.44. The van der Waals surface area contributed by atoms with Gasteiger partial charge in [0.2, 0.25) is 0 Å². The Morgan fingerprint density at radius 1 is 1.17 bits per heavy atom. The van der Waals surface area contributed by atoms with Crippen LogP contribution < -0.4 is 5.32 Å². The average Bonchev–Trinajstić information content (AvgIpc) is 2.35. The summed E-state index contributed by atoms with van der Waals surface area (Å²) >= 11 is 0. The van der Waals surface area contributed by atoms with Crippen LogP contribution in [0.5, 0.6) is 0 Å². The lowest BCUT2D eigenvalue weighted by atomic mass is 9.77. The third kappa shape index (κ3) is 3.71. The molecule has 0 spiro atoms. The van der Waals surface area contributed by atoms with Crippen LogP contribution in [-0.4, -0.2) is 37.6 Å². The molecule has 0 aromatic carbocycles. The number of rotatable bonds is 3. The fourth-order valence-electron chi connectivity index (χ4n) is 3.53. The Morgan fingerprint density at radius 3 is 2.50 bits per heavy atom. The maximum atomic E-state index is 3.91. The molecule has 0 aromatic rings. The van der Waals surface area contributed by atoms with Gasteiger partial charge in [-0.3, -0.25) is 0 Å². The summed E-state index contributed by atoms with van der Waals surface area (Å²) in [6.45, 7) is 11.1. The van der Waals surface area contributed by atoms with Crippen LogP contribution in [0.3, 0.4) is 0 Å². The Balaban J connectivity index is 1.79. The van der Waals surface area contributed by atoms with Gasteiger partial charge in [-0.2, -0.15) is 0 Å². The van der Waals surface area contributed by atoms with Gasteiger partial charge in [0, 0.05) is 12.6 Å². The van der Waals surface area contributed by atoms with Crippen molar-refractivity contribution in [3.63, 3.8) is 0 Å². The molecule has 2 nitrogen and oxygen atoms in total. The summed E-state index contributed by atoms with van der Waals surface area (Å²) in [4.78, 5) is 2.47. The van der Waals surface area contributed by atoms with Gasteiger partial charge in [-0.05, 0) is 63.1 Å². The molecule has 0 amide bonds. The Labute approximate surface area is 114 Å². The smallest absolute Gasteiger partial charge is 0.00954 e. The van der Waals surface area contributed by atoms with E-state index in [0.717, 1.165) is 17.9 Å². The zero-order valence-corrected chi connectivity index (χ0v) is 12.8. The van der Waals surface area contributed by atoms with Gasteiger partial charge in [-0.15, -0.1) is 0 Å². The first-order chi connectivity index (χ1) is 8.48. The number of likely N-dealkylation sites (tertiary alicyclic amines) is 1. The molecule has 2 heteroatoms. The van der Waals surface area contributed by atoms with E-state index in [9.17, 15) is 0 Å². The van der Waals surface area contributed by atoms with Crippen molar-refractivity contribution in [2.45, 2.75) is 58.9 Å². The lowest BCUT2D eigenvalue weighted by molar-refractivity contribution is 0.121. The second kappa shape index (κ2) is 5.92. The molecule has 0 bridgehead atoms. The molecule has 1 aliphatic carbocycles. The Hall–Kier alpha value is -0.0800. The largest absolute Gasteiger partial charge is 0.313 e. The minimum absolute atomic E-state index is 0.535. The van der Waals surface area contributed by atoms with Crippen LogP contribution in [0.4, 0.5) is 0 Å². The topological polar surface area (TPSA) is 15.3 Å². The summed E-state index contributed by atoms with van der Waals surface area (Å²) in [5.41, 5.74) is 0.535. The van der Waals surface area contributed by atoms with Crippen molar-refractivity contribution < 1.29 is 0 Å². The molecule has 1 aliphatic heterocycles. The van der Waals surface area contributed by atoms with Crippen LogP contribution in [-0.2, 0) is 0 Å². The van der Waals surface area contributed by atoms with Crippen molar-refractivity contribution in [2.24, 2.45) is 17.3 Å². The standard InChI is InChI=1S/C16H32N2/c1-13-5-6-14(2)15(11-13)17-12-16(3)7-9-18(4)10-8-16/h13-15,17H,5-12H2,1-4H3. The van der Waals surface area contributed by atoms with Crippen LogP contribution >= 0.6 is 0 Å². The summed E-state index contributed by atoms with van der Waals surface area (Å²) < 4.78 is 0. The molecule has 1 saturated carbocycles. The van der Waals surface area contributed by atoms with Crippen LogP contribution in [0.15, 0.2) is 0 Å². The van der Waals surface area contributed by atoms with Crippen LogP contribution in [0.2, 0.25) is 0 Å². The highest BCUT2D eigenvalue weighted by molar-refractivity contribution is 4.87. The highest BCUT2D eigenvalue weighted by atomic mass is 15.1. The van der Waals surface area contributed by atoms with Gasteiger partial charge < -0.3 is 10.2 Å². The highest BCUT2D eigenvalue weighted by Crippen LogP contribution is 2.32. The molecule has 0 radical (unpaired) electrons. The third-order valence-corrected chi connectivity index (χ3v) is 5.44. The van der Waals surface area contributed by atoms with E-state index >= 15 is 0 Å². The molecular formula is C16H32N2. The SMILES string of the molecule is CC1CCC(C)C(NCC2(C)CCN(C)CC2)C1. The lowest BCUT2D eigenvalue weighted by Gasteiger charge is -2.41. The minimum atomic E-state index is 0.535. The second-order valence-corrected chi connectivity index (χ2v) is 7.50. The predicted octanol–water partition coefficient (Wildman–Crippen LogP) is 3.13. The van der Waals surface area contributed by atoms with Crippen LogP contribution in [0.1, 0.15) is 52.9 Å². The molecule has 1 heterocycles. The number of nitrogens with zero attached hydrogens (tertiary/aromatic N) is 1. The number of hydrogen-bond acceptors (Lipinski definition) is 2. The maximum Gasteiger partial charge on any atom is 0.00954 e. The van der Waals surface area contributed by atoms with E-state index in [1.807, 2.05) is 0 Å². The monoisotopic (exact) mass is 252 g/mol. The van der Waals surface area contributed by atoms with Crippen LogP contribution in [0, 0.1) is 17.3 Å². The van der Waals surface area contributed by atoms with E-state index in [1.54, 1.807) is 0 Å². The fourth-order valence-corrected chi connectivity index (χ4v) is 3.53. The van der Waals surface area contributed by atoms with E-state index in [2.05, 4.69) is 38.0 Å². The van der Waals surface area contributed by atoms with Crippen molar-refractivity contribution in [3.8, 4) is 0 Å². The fraction of sp³-hybridized carbons (Fsp3) is 1.00. The molecule has 106 valence electrons. The summed E-state index contributed by atoms with van der Waals surface area (Å²) in [5.74, 6) is 1.79. The first-order valence-electron chi connectivity index (χ1n) is 7.90. The van der Waals surface area contributed by atoms with Gasteiger partial charge in [-0.25, -0.2) is 0 Å². The molecule has 1 saturated heterocycles. The van der Waals surface area contributed by atoms with Gasteiger partial charge in [-0.1, -0.05) is 27.2 Å². The average molecular weight is 252 g/mol. The minimum Gasteiger partial charge on any atom is -0.313 e. The van der Waals surface area contributed by atoms with Crippen molar-refractivity contribution in [1.29, 1.82) is 0 Å². The first kappa shape index (κ1) is 14.3. The van der Waals surface area contributed by atoms with Crippen molar-refractivity contribution >= 4 is 0 Å². The van der Waals surface area contributed by atoms with Gasteiger partial charge >= 0.3 is 0 Å². The van der Waals surface area contributed by atoms with Crippen molar-refractivity contribution in [3.05, 3.63) is 0 Å². The quantitative estimate of drug-likeness (QED) is 0.830. The number of hydrogen-bond donors (Lipinski definition) is 1. The molecule has 1 N–H and O–H groups in total. The molecule has 2 fully saturated rings. The van der Waals surface area contributed by atoms with E-state index in [1.165, 1.54) is 51.7 Å². The Morgan fingerprint density at radius 2 is 1.83 bits per heavy atom. The molecular weight excluding hydrogens is 220 g/mol. The Bertz CT molecular complexity index is 256. The lowest BCUT2D eigenvalue weighted by Crippen LogP contribution is -2.47. The van der Waals surface area contributed by atoms with Crippen molar-refractivity contribution in [2.75, 3.05) is 26.7 Å². The number of nitrogens with one attached hydrogen (secondary N) is 1. The Kier molecular flexibility index (Phi) is 4.71. The molecule has 3 atom stereocenters. The molecule has 18 heavy (non-hydrogen) atoms. The van der Waals surface area contributed by atoms with E-state index in [0.29, 0.717) is 5.41 Å². The van der Waals surface area contributed by atoms with Crippen molar-refractivity contribution in [1.82, 2.24) is 10.2 Å². The first-order valence-corrected chi connectivity index (χ1v) is 7.90. The van der Waals surface area contributed by atoms with Gasteiger partial charge in [0.1, 0.15) is 0 Å². The normalized spacial score (nSPS) is 37.7. The van der Waals surface area contributed by atoms with Crippen LogP contribution in [0.25, 0.3) is 0 Å². The van der Waals surface area contributed by atoms with Gasteiger partial charge in [0.25, 0.3) is 0 Å². The van der Waals surface area contributed by atoms with E-state index in [-0.39, 0.29) is 0 Å². The molecule has 0 aromatic heterocycles. The summed E-state index contributed by atoms with van der Waals surface area (Å²) in [7, 11) is 2.25. The number of piperidine rings is 1. The van der Waals surface area contributed by atoms with Gasteiger partial charge in [0.15, 0.2) is 0 Å².